The smallest absolute Gasteiger partial charge is 0.230 e. The number of amides is 1. The first kappa shape index (κ1) is 17.1. The van der Waals surface area contributed by atoms with E-state index in [0.29, 0.717) is 10.9 Å². The fraction of sp³-hybridized carbons (Fsp3) is 0.500. The number of rotatable bonds is 4. The maximum atomic E-state index is 12.1. The standard InChI is InChI=1S/C16H19N5OS/c1-10-4-2-3-5-13(10)20-14(22)9-23-16-12(8-18)6-11(7-17)15(19)21-16/h6,10,13H,2-5,9H2,1H3,(H2,19,21)(H,20,22)/t10-,13+/m0/s1. The van der Waals surface area contributed by atoms with E-state index < -0.39 is 0 Å². The van der Waals surface area contributed by atoms with E-state index in [2.05, 4.69) is 17.2 Å². The van der Waals surface area contributed by atoms with Crippen molar-refractivity contribution in [1.29, 1.82) is 10.5 Å². The highest BCUT2D eigenvalue weighted by Gasteiger charge is 2.23. The molecule has 1 aliphatic rings. The van der Waals surface area contributed by atoms with Crippen molar-refractivity contribution in [2.75, 3.05) is 11.5 Å². The van der Waals surface area contributed by atoms with E-state index in [1.807, 2.05) is 12.1 Å². The molecule has 0 aromatic carbocycles. The molecule has 0 saturated heterocycles. The highest BCUT2D eigenvalue weighted by Crippen LogP contribution is 2.25. The number of hydrogen-bond acceptors (Lipinski definition) is 6. The zero-order chi connectivity index (χ0) is 16.8. The molecule has 0 spiro atoms. The number of aromatic nitrogens is 1. The topological polar surface area (TPSA) is 116 Å². The van der Waals surface area contributed by atoms with Crippen LogP contribution in [0.25, 0.3) is 0 Å². The first-order valence-electron chi connectivity index (χ1n) is 7.58. The number of nitrogens with one attached hydrogen (secondary N) is 1. The van der Waals surface area contributed by atoms with Crippen molar-refractivity contribution in [2.24, 2.45) is 5.92 Å². The highest BCUT2D eigenvalue weighted by atomic mass is 32.2. The Hall–Kier alpha value is -2.25. The predicted octanol–water partition coefficient (Wildman–Crippen LogP) is 2.19. The first-order chi connectivity index (χ1) is 11.0. The van der Waals surface area contributed by atoms with Gasteiger partial charge >= 0.3 is 0 Å². The number of carbonyl (C=O) groups is 1. The molecule has 7 heteroatoms. The molecule has 3 N–H and O–H groups in total. The van der Waals surface area contributed by atoms with Gasteiger partial charge in [0.2, 0.25) is 5.91 Å². The number of pyridine rings is 1. The monoisotopic (exact) mass is 329 g/mol. The quantitative estimate of drug-likeness (QED) is 0.818. The lowest BCUT2D eigenvalue weighted by molar-refractivity contribution is -0.119. The summed E-state index contributed by atoms with van der Waals surface area (Å²) in [6.07, 6.45) is 4.53. The zero-order valence-corrected chi connectivity index (χ0v) is 13.8. The van der Waals surface area contributed by atoms with Gasteiger partial charge in [-0.25, -0.2) is 4.98 Å². The minimum atomic E-state index is -0.0672. The molecule has 2 atom stereocenters. The summed E-state index contributed by atoms with van der Waals surface area (Å²) in [6, 6.07) is 5.52. The number of nitrogens with zero attached hydrogens (tertiary/aromatic N) is 3. The average Bonchev–Trinajstić information content (AvgIpc) is 2.55. The summed E-state index contributed by atoms with van der Waals surface area (Å²) >= 11 is 1.17. The van der Waals surface area contributed by atoms with Crippen molar-refractivity contribution < 1.29 is 4.79 Å². The summed E-state index contributed by atoms with van der Waals surface area (Å²) in [5, 5.41) is 21.5. The van der Waals surface area contributed by atoms with Crippen molar-refractivity contribution in [3.63, 3.8) is 0 Å². The third-order valence-corrected chi connectivity index (χ3v) is 5.05. The van der Waals surface area contributed by atoms with Crippen LogP contribution in [0.2, 0.25) is 0 Å². The van der Waals surface area contributed by atoms with Gasteiger partial charge < -0.3 is 11.1 Å². The third kappa shape index (κ3) is 4.37. The fourth-order valence-electron chi connectivity index (χ4n) is 2.70. The Morgan fingerprint density at radius 2 is 2.09 bits per heavy atom. The van der Waals surface area contributed by atoms with Crippen LogP contribution in [0.3, 0.4) is 0 Å². The minimum absolute atomic E-state index is 0.0672. The van der Waals surface area contributed by atoms with Crippen LogP contribution < -0.4 is 11.1 Å². The van der Waals surface area contributed by atoms with Crippen LogP contribution in [0.15, 0.2) is 11.1 Å². The first-order valence-corrected chi connectivity index (χ1v) is 8.56. The summed E-state index contributed by atoms with van der Waals surface area (Å²) in [5.41, 5.74) is 6.11. The Bertz CT molecular complexity index is 676. The maximum absolute atomic E-state index is 12.1. The number of thioether (sulfide) groups is 1. The highest BCUT2D eigenvalue weighted by molar-refractivity contribution is 8.00. The lowest BCUT2D eigenvalue weighted by Gasteiger charge is -2.29. The molecule has 2 rings (SSSR count). The van der Waals surface area contributed by atoms with Crippen molar-refractivity contribution in [3.05, 3.63) is 17.2 Å². The number of nitriles is 2. The maximum Gasteiger partial charge on any atom is 0.230 e. The molecule has 1 aromatic rings. The lowest BCUT2D eigenvalue weighted by Crippen LogP contribution is -2.41. The SMILES string of the molecule is C[C@H]1CCCC[C@H]1NC(=O)CSc1nc(N)c(C#N)cc1C#N. The van der Waals surface area contributed by atoms with E-state index >= 15 is 0 Å². The Kier molecular flexibility index (Phi) is 5.84. The second-order valence-corrected chi connectivity index (χ2v) is 6.69. The molecule has 0 unspecified atom stereocenters. The Balaban J connectivity index is 1.98. The van der Waals surface area contributed by atoms with E-state index in [1.54, 1.807) is 0 Å². The fourth-order valence-corrected chi connectivity index (χ4v) is 3.48. The lowest BCUT2D eigenvalue weighted by atomic mass is 9.86. The molecule has 0 aliphatic heterocycles. The molecular formula is C16H19N5OS. The second-order valence-electron chi connectivity index (χ2n) is 5.72. The molecular weight excluding hydrogens is 310 g/mol. The van der Waals surface area contributed by atoms with Crippen LogP contribution in [-0.4, -0.2) is 22.7 Å². The number of carbonyl (C=O) groups excluding carboxylic acids is 1. The molecule has 6 nitrogen and oxygen atoms in total. The van der Waals surface area contributed by atoms with E-state index in [4.69, 9.17) is 16.3 Å². The van der Waals surface area contributed by atoms with Gasteiger partial charge in [-0.2, -0.15) is 10.5 Å². The van der Waals surface area contributed by atoms with E-state index in [9.17, 15) is 4.79 Å². The van der Waals surface area contributed by atoms with Crippen molar-refractivity contribution in [1.82, 2.24) is 10.3 Å². The van der Waals surface area contributed by atoms with Crippen LogP contribution in [0.5, 0.6) is 0 Å². The van der Waals surface area contributed by atoms with E-state index in [-0.39, 0.29) is 34.6 Å². The zero-order valence-electron chi connectivity index (χ0n) is 13.0. The van der Waals surface area contributed by atoms with Crippen LogP contribution in [0, 0.1) is 28.6 Å². The predicted molar refractivity (Wildman–Crippen MR) is 88.4 cm³/mol. The second kappa shape index (κ2) is 7.85. The van der Waals surface area contributed by atoms with Gasteiger partial charge in [-0.15, -0.1) is 0 Å². The molecule has 1 saturated carbocycles. The minimum Gasteiger partial charge on any atom is -0.383 e. The van der Waals surface area contributed by atoms with E-state index in [1.165, 1.54) is 24.2 Å². The molecule has 1 fully saturated rings. The molecule has 1 aromatic heterocycles. The molecule has 1 aliphatic carbocycles. The summed E-state index contributed by atoms with van der Waals surface area (Å²) < 4.78 is 0. The summed E-state index contributed by atoms with van der Waals surface area (Å²) in [5.74, 6) is 0.685. The van der Waals surface area contributed by atoms with Gasteiger partial charge in [-0.05, 0) is 24.8 Å². The van der Waals surface area contributed by atoms with Crippen LogP contribution >= 0.6 is 11.8 Å². The number of anilines is 1. The van der Waals surface area contributed by atoms with Crippen LogP contribution in [0.4, 0.5) is 5.82 Å². The Morgan fingerprint density at radius 3 is 2.74 bits per heavy atom. The van der Waals surface area contributed by atoms with Crippen LogP contribution in [-0.2, 0) is 4.79 Å². The number of nitrogens with two attached hydrogens (primary N) is 1. The largest absolute Gasteiger partial charge is 0.383 e. The molecule has 0 bridgehead atoms. The van der Waals surface area contributed by atoms with Gasteiger partial charge in [0, 0.05) is 6.04 Å². The van der Waals surface area contributed by atoms with Crippen molar-refractivity contribution in [2.45, 2.75) is 43.7 Å². The summed E-state index contributed by atoms with van der Waals surface area (Å²) in [6.45, 7) is 2.16. The van der Waals surface area contributed by atoms with Crippen molar-refractivity contribution in [3.8, 4) is 12.1 Å². The Labute approximate surface area is 140 Å². The van der Waals surface area contributed by atoms with Crippen LogP contribution in [0.1, 0.15) is 43.7 Å². The van der Waals surface area contributed by atoms with Crippen molar-refractivity contribution >= 4 is 23.5 Å². The number of nitrogen functional groups attached to an aromatic ring is 1. The molecule has 1 heterocycles. The average molecular weight is 329 g/mol. The third-order valence-electron chi connectivity index (χ3n) is 4.06. The molecule has 1 amide bonds. The van der Waals surface area contributed by atoms with E-state index in [0.717, 1.165) is 19.3 Å². The van der Waals surface area contributed by atoms with Gasteiger partial charge in [0.05, 0.1) is 16.9 Å². The summed E-state index contributed by atoms with van der Waals surface area (Å²) in [7, 11) is 0. The van der Waals surface area contributed by atoms with Gasteiger partial charge in [0.1, 0.15) is 23.0 Å². The van der Waals surface area contributed by atoms with Gasteiger partial charge in [-0.1, -0.05) is 31.5 Å². The molecule has 120 valence electrons. The molecule has 23 heavy (non-hydrogen) atoms. The van der Waals surface area contributed by atoms with Gasteiger partial charge in [-0.3, -0.25) is 4.79 Å². The Morgan fingerprint density at radius 1 is 1.39 bits per heavy atom. The number of hydrogen-bond donors (Lipinski definition) is 2. The van der Waals surface area contributed by atoms with Gasteiger partial charge in [0.15, 0.2) is 0 Å². The summed E-state index contributed by atoms with van der Waals surface area (Å²) in [4.78, 5) is 16.2. The molecule has 0 radical (unpaired) electrons. The van der Waals surface area contributed by atoms with Gasteiger partial charge in [0.25, 0.3) is 0 Å². The normalized spacial score (nSPS) is 20.3.